The van der Waals surface area contributed by atoms with Crippen molar-refractivity contribution in [3.8, 4) is 16.8 Å². The molecular formula is C26H17F4N. The molecule has 5 rings (SSSR count). The Morgan fingerprint density at radius 2 is 1.10 bits per heavy atom. The average Bonchev–Trinajstić information content (AvgIpc) is 3.11. The number of aryl methyl sites for hydroxylation is 1. The number of hydrogen-bond donors (Lipinski definition) is 0. The third-order valence-electron chi connectivity index (χ3n) is 5.79. The zero-order valence-corrected chi connectivity index (χ0v) is 16.8. The maximum Gasteiger partial charge on any atom is 0.170 e. The molecule has 4 aromatic carbocycles. The number of hydrogen-bond acceptors (Lipinski definition) is 0. The van der Waals surface area contributed by atoms with Crippen molar-refractivity contribution in [2.45, 2.75) is 13.8 Å². The van der Waals surface area contributed by atoms with Crippen molar-refractivity contribution in [3.63, 3.8) is 0 Å². The van der Waals surface area contributed by atoms with Gasteiger partial charge < -0.3 is 4.57 Å². The van der Waals surface area contributed by atoms with E-state index in [2.05, 4.69) is 0 Å². The standard InChI is InChI=1S/C26H17F4N/c1-14-8-7-11-18(21-24(29)22(27)15(2)23(28)25(21)30)26(14)31-19-12-5-3-9-16(19)17-10-4-6-13-20(17)31/h3-13H,1-2H3. The topological polar surface area (TPSA) is 4.93 Å². The van der Waals surface area contributed by atoms with Gasteiger partial charge in [-0.05, 0) is 31.5 Å². The van der Waals surface area contributed by atoms with Crippen molar-refractivity contribution >= 4 is 21.8 Å². The van der Waals surface area contributed by atoms with E-state index in [-0.39, 0.29) is 5.56 Å². The molecule has 0 aliphatic rings. The van der Waals surface area contributed by atoms with Gasteiger partial charge in [0.15, 0.2) is 23.3 Å². The van der Waals surface area contributed by atoms with Crippen molar-refractivity contribution < 1.29 is 17.6 Å². The van der Waals surface area contributed by atoms with Gasteiger partial charge in [0.05, 0.1) is 22.3 Å². The molecule has 154 valence electrons. The van der Waals surface area contributed by atoms with Crippen LogP contribution in [0.4, 0.5) is 17.6 Å². The smallest absolute Gasteiger partial charge is 0.170 e. The molecule has 5 aromatic rings. The maximum absolute atomic E-state index is 15.0. The molecule has 0 radical (unpaired) electrons. The van der Waals surface area contributed by atoms with Crippen LogP contribution in [0.5, 0.6) is 0 Å². The van der Waals surface area contributed by atoms with E-state index in [1.807, 2.05) is 53.1 Å². The van der Waals surface area contributed by atoms with Crippen LogP contribution in [-0.2, 0) is 0 Å². The van der Waals surface area contributed by atoms with Crippen LogP contribution in [0.1, 0.15) is 11.1 Å². The Kier molecular flexibility index (Phi) is 4.36. The lowest BCUT2D eigenvalue weighted by atomic mass is 9.97. The highest BCUT2D eigenvalue weighted by Gasteiger charge is 2.27. The Balaban J connectivity index is 1.97. The van der Waals surface area contributed by atoms with Crippen molar-refractivity contribution in [2.24, 2.45) is 0 Å². The number of halogens is 4. The summed E-state index contributed by atoms with van der Waals surface area (Å²) < 4.78 is 60.7. The molecule has 1 nitrogen and oxygen atoms in total. The van der Waals surface area contributed by atoms with Gasteiger partial charge in [0.25, 0.3) is 0 Å². The lowest BCUT2D eigenvalue weighted by molar-refractivity contribution is 0.449. The van der Waals surface area contributed by atoms with E-state index in [4.69, 9.17) is 0 Å². The van der Waals surface area contributed by atoms with E-state index >= 15 is 0 Å². The molecule has 0 fully saturated rings. The van der Waals surface area contributed by atoms with E-state index < -0.39 is 34.4 Å². The molecule has 0 aliphatic heterocycles. The summed E-state index contributed by atoms with van der Waals surface area (Å²) in [5, 5.41) is 1.93. The minimum Gasteiger partial charge on any atom is -0.308 e. The summed E-state index contributed by atoms with van der Waals surface area (Å²) in [5.74, 6) is -5.57. The van der Waals surface area contributed by atoms with Crippen LogP contribution < -0.4 is 0 Å². The Morgan fingerprint density at radius 3 is 1.65 bits per heavy atom. The summed E-state index contributed by atoms with van der Waals surface area (Å²) in [5.41, 5.74) is 1.54. The van der Waals surface area contributed by atoms with Gasteiger partial charge in [0.2, 0.25) is 0 Å². The molecule has 0 aliphatic carbocycles. The largest absolute Gasteiger partial charge is 0.308 e. The average molecular weight is 419 g/mol. The van der Waals surface area contributed by atoms with Crippen molar-refractivity contribution in [2.75, 3.05) is 0 Å². The number of aromatic nitrogens is 1. The van der Waals surface area contributed by atoms with Gasteiger partial charge >= 0.3 is 0 Å². The molecule has 0 unspecified atom stereocenters. The van der Waals surface area contributed by atoms with Gasteiger partial charge in [0.1, 0.15) is 0 Å². The number of nitrogens with zero attached hydrogens (tertiary/aromatic N) is 1. The minimum atomic E-state index is -1.40. The molecular weight excluding hydrogens is 402 g/mol. The van der Waals surface area contributed by atoms with Gasteiger partial charge in [0, 0.05) is 21.9 Å². The zero-order valence-electron chi connectivity index (χ0n) is 16.8. The Labute approximate surface area is 176 Å². The molecule has 0 saturated heterocycles. The summed E-state index contributed by atoms with van der Waals surface area (Å²) in [6.45, 7) is 2.82. The molecule has 5 heteroatoms. The third-order valence-corrected chi connectivity index (χ3v) is 5.79. The predicted molar refractivity (Wildman–Crippen MR) is 116 cm³/mol. The molecule has 0 spiro atoms. The highest BCUT2D eigenvalue weighted by atomic mass is 19.2. The first-order valence-corrected chi connectivity index (χ1v) is 9.83. The van der Waals surface area contributed by atoms with Crippen LogP contribution in [0.15, 0.2) is 66.7 Å². The second-order valence-electron chi connectivity index (χ2n) is 7.60. The lowest BCUT2D eigenvalue weighted by Crippen LogP contribution is -2.07. The fraction of sp³-hybridized carbons (Fsp3) is 0.0769. The van der Waals surface area contributed by atoms with E-state index in [0.29, 0.717) is 11.3 Å². The minimum absolute atomic E-state index is 0.0827. The van der Waals surface area contributed by atoms with Crippen molar-refractivity contribution in [1.29, 1.82) is 0 Å². The highest BCUT2D eigenvalue weighted by Crippen LogP contribution is 2.40. The van der Waals surface area contributed by atoms with Crippen LogP contribution in [0, 0.1) is 37.1 Å². The molecule has 31 heavy (non-hydrogen) atoms. The molecule has 0 N–H and O–H groups in total. The number of fused-ring (bicyclic) bond motifs is 3. The van der Waals surface area contributed by atoms with Crippen LogP contribution >= 0.6 is 0 Å². The summed E-state index contributed by atoms with van der Waals surface area (Å²) in [6.07, 6.45) is 0. The van der Waals surface area contributed by atoms with Gasteiger partial charge in [-0.15, -0.1) is 0 Å². The Bertz CT molecular complexity index is 1410. The van der Waals surface area contributed by atoms with E-state index in [1.54, 1.807) is 19.1 Å². The molecule has 1 aromatic heterocycles. The molecule has 0 saturated carbocycles. The zero-order chi connectivity index (χ0) is 21.9. The first-order valence-electron chi connectivity index (χ1n) is 9.83. The highest BCUT2D eigenvalue weighted by molar-refractivity contribution is 6.09. The fourth-order valence-corrected chi connectivity index (χ4v) is 4.30. The van der Waals surface area contributed by atoms with Crippen molar-refractivity contribution in [1.82, 2.24) is 4.57 Å². The number of para-hydroxylation sites is 3. The maximum atomic E-state index is 15.0. The van der Waals surface area contributed by atoms with Gasteiger partial charge in [-0.25, -0.2) is 17.6 Å². The van der Waals surface area contributed by atoms with E-state index in [9.17, 15) is 17.6 Å². The van der Waals surface area contributed by atoms with E-state index in [0.717, 1.165) is 28.7 Å². The second-order valence-corrected chi connectivity index (χ2v) is 7.60. The summed E-state index contributed by atoms with van der Waals surface area (Å²) in [7, 11) is 0. The van der Waals surface area contributed by atoms with E-state index in [1.165, 1.54) is 6.07 Å². The molecule has 1 heterocycles. The Morgan fingerprint density at radius 1 is 0.581 bits per heavy atom. The van der Waals surface area contributed by atoms with Crippen LogP contribution in [0.3, 0.4) is 0 Å². The van der Waals surface area contributed by atoms with Crippen LogP contribution in [0.25, 0.3) is 38.6 Å². The quantitative estimate of drug-likeness (QED) is 0.205. The summed E-state index contributed by atoms with van der Waals surface area (Å²) >= 11 is 0. The number of benzene rings is 4. The first-order chi connectivity index (χ1) is 14.9. The SMILES string of the molecule is Cc1cccc(-c2c(F)c(F)c(C)c(F)c2F)c1-n1c2ccccc2c2ccccc21. The predicted octanol–water partition coefficient (Wildman–Crippen LogP) is 7.62. The van der Waals surface area contributed by atoms with Gasteiger partial charge in [-0.1, -0.05) is 54.6 Å². The van der Waals surface area contributed by atoms with Crippen LogP contribution in [0.2, 0.25) is 0 Å². The van der Waals surface area contributed by atoms with Gasteiger partial charge in [-0.3, -0.25) is 0 Å². The normalized spacial score (nSPS) is 11.5. The fourth-order valence-electron chi connectivity index (χ4n) is 4.30. The van der Waals surface area contributed by atoms with Crippen molar-refractivity contribution in [3.05, 3.63) is 101 Å². The second kappa shape index (κ2) is 6.98. The van der Waals surface area contributed by atoms with Gasteiger partial charge in [-0.2, -0.15) is 0 Å². The van der Waals surface area contributed by atoms with Crippen LogP contribution in [-0.4, -0.2) is 4.57 Å². The lowest BCUT2D eigenvalue weighted by Gasteiger charge is -2.18. The third kappa shape index (κ3) is 2.69. The molecule has 0 atom stereocenters. The number of rotatable bonds is 2. The molecule has 0 bridgehead atoms. The monoisotopic (exact) mass is 419 g/mol. The Hall–Kier alpha value is -3.60. The molecule has 0 amide bonds. The summed E-state index contributed by atoms with van der Waals surface area (Å²) in [4.78, 5) is 0. The first kappa shape index (κ1) is 19.4. The summed E-state index contributed by atoms with van der Waals surface area (Å²) in [6, 6.07) is 20.3.